The van der Waals surface area contributed by atoms with Crippen molar-refractivity contribution in [3.8, 4) is 67.1 Å². The molecule has 0 radical (unpaired) electrons. The van der Waals surface area contributed by atoms with Gasteiger partial charge in [-0.15, -0.1) is 11.3 Å². The largest absolute Gasteiger partial charge is 0.456 e. The van der Waals surface area contributed by atoms with Gasteiger partial charge in [-0.05, 0) is 104 Å². The van der Waals surface area contributed by atoms with Gasteiger partial charge < -0.3 is 9.64 Å². The minimum Gasteiger partial charge on any atom is -0.456 e. The second kappa shape index (κ2) is 14.5. The summed E-state index contributed by atoms with van der Waals surface area (Å²) in [7, 11) is 0. The lowest BCUT2D eigenvalue weighted by atomic mass is 9.87. The smallest absolute Gasteiger partial charge is 0.137 e. The zero-order valence-electron chi connectivity index (χ0n) is 33.1. The fraction of sp³-hybridized carbons (Fsp3) is 0. The highest BCUT2D eigenvalue weighted by Gasteiger charge is 2.26. The van der Waals surface area contributed by atoms with Crippen LogP contribution >= 0.6 is 11.3 Å². The van der Waals surface area contributed by atoms with Gasteiger partial charge in [0.25, 0.3) is 0 Å². The Kier molecular flexibility index (Phi) is 8.39. The summed E-state index contributed by atoms with van der Waals surface area (Å²) in [5.41, 5.74) is 14.8. The lowest BCUT2D eigenvalue weighted by Crippen LogP contribution is -2.10. The number of fused-ring (bicyclic) bond motifs is 9. The van der Waals surface area contributed by atoms with E-state index < -0.39 is 0 Å². The summed E-state index contributed by atoms with van der Waals surface area (Å²) in [6.45, 7) is 0. The molecule has 286 valence electrons. The van der Waals surface area contributed by atoms with Gasteiger partial charge in [-0.3, -0.25) is 0 Å². The van der Waals surface area contributed by atoms with E-state index >= 15 is 0 Å². The van der Waals surface area contributed by atoms with Crippen LogP contribution in [0.15, 0.2) is 224 Å². The molecule has 1 aliphatic rings. The first-order valence-corrected chi connectivity index (χ1v) is 21.6. The predicted molar refractivity (Wildman–Crippen MR) is 259 cm³/mol. The van der Waals surface area contributed by atoms with Gasteiger partial charge in [0.2, 0.25) is 0 Å². The molecule has 0 unspecified atom stereocenters. The summed E-state index contributed by atoms with van der Waals surface area (Å²) in [4.78, 5) is 2.35. The van der Waals surface area contributed by atoms with Gasteiger partial charge >= 0.3 is 0 Å². The van der Waals surface area contributed by atoms with Crippen molar-refractivity contribution in [2.24, 2.45) is 0 Å². The minimum absolute atomic E-state index is 0.815. The monoisotopic (exact) mass is 795 g/mol. The second-order valence-corrected chi connectivity index (χ2v) is 16.7. The van der Waals surface area contributed by atoms with Gasteiger partial charge in [-0.1, -0.05) is 164 Å². The van der Waals surface area contributed by atoms with Crippen molar-refractivity contribution in [3.63, 3.8) is 0 Å². The molecule has 0 aliphatic carbocycles. The molecule has 0 N–H and O–H groups in total. The Morgan fingerprint density at radius 1 is 0.328 bits per heavy atom. The fourth-order valence-electron chi connectivity index (χ4n) is 9.14. The van der Waals surface area contributed by atoms with Crippen LogP contribution in [0.2, 0.25) is 0 Å². The van der Waals surface area contributed by atoms with E-state index in [0.717, 1.165) is 50.6 Å². The van der Waals surface area contributed by atoms with Crippen molar-refractivity contribution in [1.29, 1.82) is 0 Å². The Labute approximate surface area is 358 Å². The van der Waals surface area contributed by atoms with E-state index in [9.17, 15) is 0 Å². The van der Waals surface area contributed by atoms with Gasteiger partial charge in [-0.25, -0.2) is 0 Å². The van der Waals surface area contributed by atoms with Crippen LogP contribution < -0.4 is 9.64 Å². The summed E-state index contributed by atoms with van der Waals surface area (Å²) < 4.78 is 9.77. The quantitative estimate of drug-likeness (QED) is 0.166. The number of nitrogens with zero attached hydrogens (tertiary/aromatic N) is 1. The molecule has 1 aliphatic heterocycles. The van der Waals surface area contributed by atoms with Crippen LogP contribution in [0.1, 0.15) is 0 Å². The summed E-state index contributed by atoms with van der Waals surface area (Å²) >= 11 is 1.87. The first-order valence-electron chi connectivity index (χ1n) is 20.7. The molecular formula is C58H37NOS. The molecule has 1 aromatic heterocycles. The molecule has 0 bridgehead atoms. The van der Waals surface area contributed by atoms with Gasteiger partial charge in [0.1, 0.15) is 11.5 Å². The number of ether oxygens (including phenoxy) is 1. The molecule has 2 heterocycles. The third kappa shape index (κ3) is 6.09. The van der Waals surface area contributed by atoms with Crippen LogP contribution in [-0.4, -0.2) is 0 Å². The molecule has 0 fully saturated rings. The van der Waals surface area contributed by atoms with Crippen molar-refractivity contribution >= 4 is 59.3 Å². The Morgan fingerprint density at radius 2 is 0.869 bits per heavy atom. The molecule has 11 aromatic rings. The lowest BCUT2D eigenvalue weighted by Gasteiger charge is -2.27. The van der Waals surface area contributed by atoms with E-state index in [1.54, 1.807) is 0 Å². The molecule has 0 saturated heterocycles. The maximum absolute atomic E-state index is 7.14. The normalized spacial score (nSPS) is 11.7. The highest BCUT2D eigenvalue weighted by atomic mass is 32.1. The van der Waals surface area contributed by atoms with E-state index in [2.05, 4.69) is 229 Å². The summed E-state index contributed by atoms with van der Waals surface area (Å²) in [6, 6.07) is 81.0. The van der Waals surface area contributed by atoms with E-state index in [1.165, 1.54) is 64.5 Å². The highest BCUT2D eigenvalue weighted by Crippen LogP contribution is 2.53. The van der Waals surface area contributed by atoms with Crippen molar-refractivity contribution in [1.82, 2.24) is 0 Å². The minimum atomic E-state index is 0.815. The first kappa shape index (κ1) is 35.2. The molecule has 10 aromatic carbocycles. The van der Waals surface area contributed by atoms with Gasteiger partial charge in [0.05, 0.1) is 0 Å². The Balaban J connectivity index is 1.03. The molecule has 61 heavy (non-hydrogen) atoms. The number of hydrogen-bond donors (Lipinski definition) is 0. The highest BCUT2D eigenvalue weighted by molar-refractivity contribution is 7.26. The van der Waals surface area contributed by atoms with Crippen LogP contribution in [0.25, 0.3) is 86.6 Å². The Hall–Kier alpha value is -7.72. The van der Waals surface area contributed by atoms with E-state index in [1.807, 2.05) is 11.3 Å². The zero-order valence-corrected chi connectivity index (χ0v) is 33.9. The molecule has 0 amide bonds. The summed E-state index contributed by atoms with van der Waals surface area (Å²) in [6.07, 6.45) is 0. The van der Waals surface area contributed by atoms with Crippen molar-refractivity contribution < 1.29 is 4.74 Å². The summed E-state index contributed by atoms with van der Waals surface area (Å²) in [5, 5.41) is 4.95. The number of benzene rings is 10. The first-order chi connectivity index (χ1) is 30.2. The number of rotatable bonds is 6. The molecule has 0 saturated carbocycles. The van der Waals surface area contributed by atoms with E-state index in [-0.39, 0.29) is 0 Å². The van der Waals surface area contributed by atoms with Crippen LogP contribution in [0, 0.1) is 0 Å². The van der Waals surface area contributed by atoms with Crippen LogP contribution in [0.3, 0.4) is 0 Å². The molecule has 2 nitrogen and oxygen atoms in total. The maximum atomic E-state index is 7.14. The van der Waals surface area contributed by atoms with E-state index in [4.69, 9.17) is 4.74 Å². The average Bonchev–Trinajstić information content (AvgIpc) is 3.65. The molecule has 0 spiro atoms. The molecule has 12 rings (SSSR count). The Morgan fingerprint density at radius 3 is 1.64 bits per heavy atom. The number of anilines is 3. The molecule has 0 atom stereocenters. The summed E-state index contributed by atoms with van der Waals surface area (Å²) in [5.74, 6) is 1.66. The average molecular weight is 796 g/mol. The maximum Gasteiger partial charge on any atom is 0.137 e. The third-order valence-corrected chi connectivity index (χ3v) is 13.3. The van der Waals surface area contributed by atoms with Crippen molar-refractivity contribution in [2.75, 3.05) is 4.90 Å². The Bertz CT molecular complexity index is 3420. The zero-order chi connectivity index (χ0) is 40.3. The predicted octanol–water partition coefficient (Wildman–Crippen LogP) is 17.1. The third-order valence-electron chi connectivity index (χ3n) is 12.1. The lowest BCUT2D eigenvalue weighted by molar-refractivity contribution is 0.488. The van der Waals surface area contributed by atoms with Crippen LogP contribution in [0.5, 0.6) is 11.5 Å². The van der Waals surface area contributed by atoms with Crippen LogP contribution in [0.4, 0.5) is 17.1 Å². The second-order valence-electron chi connectivity index (χ2n) is 15.6. The molecule has 3 heteroatoms. The van der Waals surface area contributed by atoms with Gasteiger partial charge in [-0.2, -0.15) is 0 Å². The van der Waals surface area contributed by atoms with E-state index in [0.29, 0.717) is 0 Å². The van der Waals surface area contributed by atoms with Crippen molar-refractivity contribution in [2.45, 2.75) is 0 Å². The number of thiophene rings is 1. The van der Waals surface area contributed by atoms with Gasteiger partial charge in [0.15, 0.2) is 0 Å². The molecular weight excluding hydrogens is 759 g/mol. The van der Waals surface area contributed by atoms with Gasteiger partial charge in [0, 0.05) is 60.0 Å². The standard InChI is InChI=1S/C58H37NOS/c1-3-13-38(14-4-1)39-25-29-44(30-26-39)59(45-31-27-41(28-32-45)48-21-12-23-51-49-19-9-10-24-56(49)61-58(48)51)46-33-34-52-55(37-46)60-54-36-43-18-8-7-17-42(43)35-53(54)50-22-11-20-47(57(50)52)40-15-5-2-6-16-40/h1-37H. The van der Waals surface area contributed by atoms with Crippen molar-refractivity contribution in [3.05, 3.63) is 224 Å². The SMILES string of the molecule is c1ccc(-c2ccc(N(c3ccc(-c4cccc5c4sc4ccccc45)cc3)c3ccc4c(c3)Oc3cc5ccccc5cc3-c3cccc(-c5ccccc5)c3-4)cc2)cc1. The number of hydrogen-bond acceptors (Lipinski definition) is 3. The topological polar surface area (TPSA) is 12.5 Å². The fourth-order valence-corrected chi connectivity index (χ4v) is 10.4. The van der Waals surface area contributed by atoms with Crippen LogP contribution in [-0.2, 0) is 0 Å².